The highest BCUT2D eigenvalue weighted by Gasteiger charge is 2.17. The van der Waals surface area contributed by atoms with Gasteiger partial charge >= 0.3 is 0 Å². The van der Waals surface area contributed by atoms with E-state index in [9.17, 15) is 8.42 Å². The number of hydrogen-bond acceptors (Lipinski definition) is 4. The van der Waals surface area contributed by atoms with Crippen LogP contribution in [0.15, 0.2) is 69.6 Å². The molecule has 0 aliphatic rings. The minimum absolute atomic E-state index is 0.262. The molecule has 0 amide bonds. The summed E-state index contributed by atoms with van der Waals surface area (Å²) in [6.07, 6.45) is 1.96. The number of aromatic nitrogens is 1. The maximum atomic E-state index is 12.9. The van der Waals surface area contributed by atoms with Crippen LogP contribution in [0.1, 0.15) is 49.1 Å². The third-order valence-corrected chi connectivity index (χ3v) is 6.80. The average Bonchev–Trinajstić information content (AvgIpc) is 3.04. The molecule has 5 nitrogen and oxygen atoms in total. The van der Waals surface area contributed by atoms with Crippen LogP contribution >= 0.6 is 0 Å². The number of anilines is 1. The monoisotopic (exact) mass is 409 g/mol. The fourth-order valence-corrected chi connectivity index (χ4v) is 4.56. The van der Waals surface area contributed by atoms with E-state index in [0.717, 1.165) is 33.8 Å². The minimum atomic E-state index is -3.54. The molecule has 3 rings (SSSR count). The lowest BCUT2D eigenvalue weighted by Crippen LogP contribution is -2.04. The summed E-state index contributed by atoms with van der Waals surface area (Å²) in [5.41, 5.74) is 9.00. The topological polar surface area (TPSA) is 74.3 Å². The van der Waals surface area contributed by atoms with Crippen molar-refractivity contribution in [3.05, 3.63) is 77.1 Å². The van der Waals surface area contributed by atoms with E-state index in [1.807, 2.05) is 39.1 Å². The molecule has 0 saturated carbocycles. The predicted octanol–water partition coefficient (Wildman–Crippen LogP) is 5.42. The molecule has 3 aromatic rings. The van der Waals surface area contributed by atoms with Crippen molar-refractivity contribution in [2.24, 2.45) is 5.10 Å². The normalized spacial score (nSPS) is 12.4. The molecule has 2 N–H and O–H groups in total. The molecule has 152 valence electrons. The molecule has 0 radical (unpaired) electrons. The Hall–Kier alpha value is -2.86. The SMILES string of the molecule is C/C(=N\Nc1ccc(S(=O)(=O)c2ccc(C(C)C)cc2)cc1)c1c(C)c[nH]c1C. The van der Waals surface area contributed by atoms with Crippen molar-refractivity contribution < 1.29 is 8.42 Å². The molecule has 2 aromatic carbocycles. The number of sulfone groups is 1. The van der Waals surface area contributed by atoms with Crippen LogP contribution in [0, 0.1) is 13.8 Å². The van der Waals surface area contributed by atoms with Gasteiger partial charge < -0.3 is 4.98 Å². The molecule has 0 aliphatic heterocycles. The molecule has 0 spiro atoms. The Morgan fingerprint density at radius 2 is 1.52 bits per heavy atom. The van der Waals surface area contributed by atoms with Crippen LogP contribution < -0.4 is 5.43 Å². The number of hydrazone groups is 1. The summed E-state index contributed by atoms with van der Waals surface area (Å²) in [7, 11) is -3.54. The molecular formula is C23H27N3O2S. The van der Waals surface area contributed by atoms with E-state index >= 15 is 0 Å². The van der Waals surface area contributed by atoms with Crippen molar-refractivity contribution in [3.63, 3.8) is 0 Å². The van der Waals surface area contributed by atoms with Crippen molar-refractivity contribution in [2.45, 2.75) is 50.3 Å². The van der Waals surface area contributed by atoms with Crippen LogP contribution in [-0.4, -0.2) is 19.1 Å². The van der Waals surface area contributed by atoms with Crippen molar-refractivity contribution in [2.75, 3.05) is 5.43 Å². The zero-order valence-corrected chi connectivity index (χ0v) is 18.3. The number of hydrogen-bond donors (Lipinski definition) is 2. The van der Waals surface area contributed by atoms with E-state index < -0.39 is 9.84 Å². The molecule has 6 heteroatoms. The second kappa shape index (κ2) is 8.25. The third-order valence-electron chi connectivity index (χ3n) is 5.01. The Bertz CT molecular complexity index is 1100. The highest BCUT2D eigenvalue weighted by molar-refractivity contribution is 7.91. The van der Waals surface area contributed by atoms with E-state index in [1.54, 1.807) is 36.4 Å². The minimum Gasteiger partial charge on any atom is -0.364 e. The summed E-state index contributed by atoms with van der Waals surface area (Å²) >= 11 is 0. The zero-order chi connectivity index (χ0) is 21.2. The van der Waals surface area contributed by atoms with Crippen molar-refractivity contribution in [1.82, 2.24) is 4.98 Å². The van der Waals surface area contributed by atoms with Gasteiger partial charge in [0.25, 0.3) is 0 Å². The molecular weight excluding hydrogens is 382 g/mol. The molecule has 0 aliphatic carbocycles. The van der Waals surface area contributed by atoms with Crippen LogP contribution in [-0.2, 0) is 9.84 Å². The first kappa shape index (κ1) is 20.9. The van der Waals surface area contributed by atoms with Gasteiger partial charge in [0.05, 0.1) is 21.2 Å². The Morgan fingerprint density at radius 1 is 0.966 bits per heavy atom. The number of benzene rings is 2. The van der Waals surface area contributed by atoms with Gasteiger partial charge in [-0.15, -0.1) is 0 Å². The van der Waals surface area contributed by atoms with E-state index in [2.05, 4.69) is 29.4 Å². The van der Waals surface area contributed by atoms with Crippen molar-refractivity contribution in [1.29, 1.82) is 0 Å². The summed E-state index contributed by atoms with van der Waals surface area (Å²) < 4.78 is 25.7. The average molecular weight is 410 g/mol. The second-order valence-electron chi connectivity index (χ2n) is 7.53. The fourth-order valence-electron chi connectivity index (χ4n) is 3.29. The van der Waals surface area contributed by atoms with Gasteiger partial charge in [-0.1, -0.05) is 26.0 Å². The first-order valence-corrected chi connectivity index (χ1v) is 11.1. The Morgan fingerprint density at radius 3 is 2.00 bits per heavy atom. The Balaban J connectivity index is 1.78. The quantitative estimate of drug-likeness (QED) is 0.421. The maximum absolute atomic E-state index is 12.9. The summed E-state index contributed by atoms with van der Waals surface area (Å²) in [5.74, 6) is 0.361. The number of rotatable bonds is 6. The van der Waals surface area contributed by atoms with Gasteiger partial charge in [0.15, 0.2) is 0 Å². The van der Waals surface area contributed by atoms with Crippen molar-refractivity contribution in [3.8, 4) is 0 Å². The highest BCUT2D eigenvalue weighted by atomic mass is 32.2. The smallest absolute Gasteiger partial charge is 0.206 e. The molecule has 0 atom stereocenters. The summed E-state index contributed by atoms with van der Waals surface area (Å²) in [6.45, 7) is 10.1. The van der Waals surface area contributed by atoms with Crippen LogP contribution in [0.25, 0.3) is 0 Å². The highest BCUT2D eigenvalue weighted by Crippen LogP contribution is 2.24. The van der Waals surface area contributed by atoms with Gasteiger partial charge in [-0.2, -0.15) is 5.10 Å². The Kier molecular flexibility index (Phi) is 5.94. The second-order valence-corrected chi connectivity index (χ2v) is 9.48. The van der Waals surface area contributed by atoms with Crippen molar-refractivity contribution >= 4 is 21.2 Å². The molecule has 1 heterocycles. The van der Waals surface area contributed by atoms with Crippen LogP contribution in [0.3, 0.4) is 0 Å². The number of H-pyrrole nitrogens is 1. The zero-order valence-electron chi connectivity index (χ0n) is 17.4. The number of nitrogens with one attached hydrogen (secondary N) is 2. The van der Waals surface area contributed by atoms with Gasteiger partial charge in [0, 0.05) is 17.5 Å². The maximum Gasteiger partial charge on any atom is 0.206 e. The lowest BCUT2D eigenvalue weighted by Gasteiger charge is -2.09. The van der Waals surface area contributed by atoms with Gasteiger partial charge in [-0.3, -0.25) is 5.43 Å². The largest absolute Gasteiger partial charge is 0.364 e. The molecule has 0 fully saturated rings. The van der Waals surface area contributed by atoms with Crippen LogP contribution in [0.2, 0.25) is 0 Å². The standard InChI is InChI=1S/C23H27N3O2S/c1-15(2)19-6-10-21(11-7-19)29(27,28)22-12-8-20(9-13-22)26-25-18(5)23-16(3)14-24-17(23)4/h6-15,24,26H,1-5H3/b25-18+. The Labute approximate surface area is 172 Å². The van der Waals surface area contributed by atoms with Gasteiger partial charge in [-0.05, 0) is 74.2 Å². The van der Waals surface area contributed by atoms with E-state index in [4.69, 9.17) is 0 Å². The first-order valence-electron chi connectivity index (χ1n) is 9.60. The number of nitrogens with zero attached hydrogens (tertiary/aromatic N) is 1. The number of aromatic amines is 1. The van der Waals surface area contributed by atoms with Crippen LogP contribution in [0.4, 0.5) is 5.69 Å². The summed E-state index contributed by atoms with van der Waals surface area (Å²) in [6, 6.07) is 13.7. The predicted molar refractivity (Wildman–Crippen MR) is 119 cm³/mol. The van der Waals surface area contributed by atoms with Gasteiger partial charge in [-0.25, -0.2) is 8.42 Å². The molecule has 0 saturated heterocycles. The lowest BCUT2D eigenvalue weighted by molar-refractivity contribution is 0.596. The van der Waals surface area contributed by atoms with E-state index in [-0.39, 0.29) is 4.90 Å². The lowest BCUT2D eigenvalue weighted by atomic mass is 10.0. The third kappa shape index (κ3) is 4.43. The van der Waals surface area contributed by atoms with Gasteiger partial charge in [0.1, 0.15) is 0 Å². The van der Waals surface area contributed by atoms with Gasteiger partial charge in [0.2, 0.25) is 9.84 Å². The van der Waals surface area contributed by atoms with E-state index in [0.29, 0.717) is 10.8 Å². The van der Waals surface area contributed by atoms with Crippen LogP contribution in [0.5, 0.6) is 0 Å². The molecule has 0 unspecified atom stereocenters. The molecule has 1 aromatic heterocycles. The number of aryl methyl sites for hydroxylation is 2. The first-order chi connectivity index (χ1) is 13.7. The fraction of sp³-hybridized carbons (Fsp3) is 0.261. The summed E-state index contributed by atoms with van der Waals surface area (Å²) in [5, 5.41) is 4.43. The molecule has 29 heavy (non-hydrogen) atoms. The summed E-state index contributed by atoms with van der Waals surface area (Å²) in [4.78, 5) is 3.75. The molecule has 0 bridgehead atoms. The van der Waals surface area contributed by atoms with E-state index in [1.165, 1.54) is 0 Å².